The molecule has 4 N–H and O–H groups in total. The highest BCUT2D eigenvalue weighted by Crippen LogP contribution is 2.33. The molecular formula is C23H25N5O2S2. The summed E-state index contributed by atoms with van der Waals surface area (Å²) in [7, 11) is 0. The number of nitrogen functional groups attached to an aromatic ring is 1. The summed E-state index contributed by atoms with van der Waals surface area (Å²) in [5.74, 6) is 2.29. The van der Waals surface area contributed by atoms with Crippen LogP contribution in [0.1, 0.15) is 30.6 Å². The molecule has 9 heteroatoms. The number of para-hydroxylation sites is 1. The number of nitrogens with two attached hydrogens (primary N) is 1. The molecule has 0 aliphatic carbocycles. The standard InChI is InChI=1S/C23H25N5O2S2/c1-2-18(25-11-12-29)19-20-21(27-22(24)32-20)28-23(26-19)31-14-15-7-6-10-17(13-15)30-16-8-4-3-5-9-16/h3-10,13,18,25,29H,2,11-12,14H2,1H3,(H2,24,26,27,28). The predicted octanol–water partition coefficient (Wildman–Crippen LogP) is 4.79. The third-order valence-electron chi connectivity index (χ3n) is 4.76. The van der Waals surface area contributed by atoms with Crippen LogP contribution in [0.15, 0.2) is 59.8 Å². The monoisotopic (exact) mass is 467 g/mol. The van der Waals surface area contributed by atoms with E-state index in [2.05, 4.69) is 28.3 Å². The van der Waals surface area contributed by atoms with Crippen molar-refractivity contribution >= 4 is 38.6 Å². The molecule has 0 saturated heterocycles. The molecule has 32 heavy (non-hydrogen) atoms. The van der Waals surface area contributed by atoms with E-state index in [1.54, 1.807) is 11.8 Å². The number of nitrogens with zero attached hydrogens (tertiary/aromatic N) is 3. The second-order valence-electron chi connectivity index (χ2n) is 7.09. The van der Waals surface area contributed by atoms with Crippen LogP contribution >= 0.6 is 23.1 Å². The first kappa shape index (κ1) is 22.5. The summed E-state index contributed by atoms with van der Waals surface area (Å²) in [4.78, 5) is 13.8. The van der Waals surface area contributed by atoms with Gasteiger partial charge in [-0.2, -0.15) is 0 Å². The molecule has 2 heterocycles. The number of aromatic nitrogens is 3. The van der Waals surface area contributed by atoms with E-state index in [0.29, 0.717) is 28.2 Å². The fourth-order valence-corrected chi connectivity index (χ4v) is 4.89. The highest BCUT2D eigenvalue weighted by Gasteiger charge is 2.19. The maximum absolute atomic E-state index is 9.22. The summed E-state index contributed by atoms with van der Waals surface area (Å²) in [5.41, 5.74) is 8.56. The summed E-state index contributed by atoms with van der Waals surface area (Å²) >= 11 is 2.94. The molecule has 166 valence electrons. The molecule has 0 fully saturated rings. The van der Waals surface area contributed by atoms with Crippen molar-refractivity contribution in [1.82, 2.24) is 20.3 Å². The average Bonchev–Trinajstić information content (AvgIpc) is 3.19. The molecule has 0 saturated carbocycles. The van der Waals surface area contributed by atoms with E-state index < -0.39 is 0 Å². The predicted molar refractivity (Wildman–Crippen MR) is 130 cm³/mol. The Morgan fingerprint density at radius 3 is 2.69 bits per heavy atom. The van der Waals surface area contributed by atoms with Gasteiger partial charge >= 0.3 is 0 Å². The van der Waals surface area contributed by atoms with E-state index in [9.17, 15) is 5.11 Å². The van der Waals surface area contributed by atoms with Crippen molar-refractivity contribution in [1.29, 1.82) is 0 Å². The number of hydrogen-bond acceptors (Lipinski definition) is 9. The lowest BCUT2D eigenvalue weighted by Crippen LogP contribution is -2.25. The number of ether oxygens (including phenoxy) is 1. The zero-order valence-corrected chi connectivity index (χ0v) is 19.3. The molecular weight excluding hydrogens is 442 g/mol. The van der Waals surface area contributed by atoms with Crippen LogP contribution in [0, 0.1) is 0 Å². The van der Waals surface area contributed by atoms with E-state index in [-0.39, 0.29) is 12.6 Å². The second-order valence-corrected chi connectivity index (χ2v) is 9.06. The number of benzene rings is 2. The Bertz CT molecular complexity index is 1170. The van der Waals surface area contributed by atoms with Crippen LogP contribution < -0.4 is 15.8 Å². The Labute approximate surface area is 195 Å². The van der Waals surface area contributed by atoms with Crippen molar-refractivity contribution in [2.75, 3.05) is 18.9 Å². The number of nitrogens with one attached hydrogen (secondary N) is 1. The van der Waals surface area contributed by atoms with Crippen LogP contribution in [0.3, 0.4) is 0 Å². The quantitative estimate of drug-likeness (QED) is 0.226. The van der Waals surface area contributed by atoms with Gasteiger partial charge in [-0.25, -0.2) is 15.0 Å². The van der Waals surface area contributed by atoms with Crippen molar-refractivity contribution in [2.45, 2.75) is 30.3 Å². The lowest BCUT2D eigenvalue weighted by atomic mass is 10.1. The minimum absolute atomic E-state index is 0.00514. The van der Waals surface area contributed by atoms with Gasteiger partial charge in [0.05, 0.1) is 23.0 Å². The topological polar surface area (TPSA) is 106 Å². The SMILES string of the molecule is CCC(NCCO)c1nc(SCc2cccc(Oc3ccccc3)c2)nc2nc(N)sc12. The molecule has 7 nitrogen and oxygen atoms in total. The van der Waals surface area contributed by atoms with E-state index in [0.717, 1.165) is 33.9 Å². The fourth-order valence-electron chi connectivity index (χ4n) is 3.29. The van der Waals surface area contributed by atoms with Gasteiger partial charge in [0.2, 0.25) is 0 Å². The summed E-state index contributed by atoms with van der Waals surface area (Å²) in [6, 6.07) is 17.7. The number of hydrogen-bond donors (Lipinski definition) is 3. The number of thioether (sulfide) groups is 1. The van der Waals surface area contributed by atoms with Crippen molar-refractivity contribution in [2.24, 2.45) is 0 Å². The largest absolute Gasteiger partial charge is 0.457 e. The zero-order chi connectivity index (χ0) is 22.3. The molecule has 4 aromatic rings. The first-order chi connectivity index (χ1) is 15.7. The fraction of sp³-hybridized carbons (Fsp3) is 0.261. The molecule has 4 rings (SSSR count). The van der Waals surface area contributed by atoms with Gasteiger partial charge in [-0.15, -0.1) is 0 Å². The normalized spacial score (nSPS) is 12.2. The van der Waals surface area contributed by atoms with Crippen LogP contribution in [0.25, 0.3) is 10.3 Å². The minimum atomic E-state index is -0.00514. The maximum Gasteiger partial charge on any atom is 0.190 e. The molecule has 0 bridgehead atoms. The minimum Gasteiger partial charge on any atom is -0.457 e. The first-order valence-corrected chi connectivity index (χ1v) is 12.2. The number of aliphatic hydroxyl groups excluding tert-OH is 1. The summed E-state index contributed by atoms with van der Waals surface area (Å²) in [5, 5.41) is 13.7. The highest BCUT2D eigenvalue weighted by molar-refractivity contribution is 7.98. The Morgan fingerprint density at radius 2 is 1.91 bits per heavy atom. The van der Waals surface area contributed by atoms with Crippen LogP contribution in [0.2, 0.25) is 0 Å². The number of anilines is 1. The van der Waals surface area contributed by atoms with Crippen LogP contribution in [-0.4, -0.2) is 33.2 Å². The summed E-state index contributed by atoms with van der Waals surface area (Å²) in [6.07, 6.45) is 0.826. The van der Waals surface area contributed by atoms with Gasteiger partial charge in [-0.3, -0.25) is 0 Å². The number of rotatable bonds is 10. The Balaban J connectivity index is 1.54. The maximum atomic E-state index is 9.22. The third-order valence-corrected chi connectivity index (χ3v) is 6.58. The van der Waals surface area contributed by atoms with Gasteiger partial charge in [0.25, 0.3) is 0 Å². The van der Waals surface area contributed by atoms with Gasteiger partial charge in [0.15, 0.2) is 15.9 Å². The Morgan fingerprint density at radius 1 is 1.09 bits per heavy atom. The first-order valence-electron chi connectivity index (χ1n) is 10.4. The number of fused-ring (bicyclic) bond motifs is 1. The van der Waals surface area contributed by atoms with Gasteiger partial charge in [0.1, 0.15) is 11.5 Å². The van der Waals surface area contributed by atoms with Crippen LogP contribution in [0.4, 0.5) is 5.13 Å². The van der Waals surface area contributed by atoms with Crippen LogP contribution in [-0.2, 0) is 5.75 Å². The summed E-state index contributed by atoms with van der Waals surface area (Å²) < 4.78 is 6.83. The highest BCUT2D eigenvalue weighted by atomic mass is 32.2. The van der Waals surface area contributed by atoms with E-state index in [1.165, 1.54) is 11.3 Å². The number of aliphatic hydroxyl groups is 1. The smallest absolute Gasteiger partial charge is 0.190 e. The lowest BCUT2D eigenvalue weighted by molar-refractivity contribution is 0.283. The Kier molecular flexibility index (Phi) is 7.54. The molecule has 2 aromatic carbocycles. The molecule has 0 amide bonds. The zero-order valence-electron chi connectivity index (χ0n) is 17.7. The molecule has 0 aliphatic rings. The third kappa shape index (κ3) is 5.55. The van der Waals surface area contributed by atoms with Crippen LogP contribution in [0.5, 0.6) is 11.5 Å². The van der Waals surface area contributed by atoms with E-state index in [4.69, 9.17) is 15.5 Å². The van der Waals surface area contributed by atoms with Crippen molar-refractivity contribution in [3.63, 3.8) is 0 Å². The van der Waals surface area contributed by atoms with E-state index >= 15 is 0 Å². The molecule has 0 radical (unpaired) electrons. The summed E-state index contributed by atoms with van der Waals surface area (Å²) in [6.45, 7) is 2.64. The Hall–Kier alpha value is -2.72. The lowest BCUT2D eigenvalue weighted by Gasteiger charge is -2.17. The van der Waals surface area contributed by atoms with Gasteiger partial charge in [-0.05, 0) is 36.2 Å². The second kappa shape index (κ2) is 10.7. The van der Waals surface area contributed by atoms with Crippen molar-refractivity contribution in [3.05, 3.63) is 65.9 Å². The van der Waals surface area contributed by atoms with Gasteiger partial charge in [0, 0.05) is 12.3 Å². The molecule has 1 unspecified atom stereocenters. The number of thiazole rings is 1. The van der Waals surface area contributed by atoms with Gasteiger partial charge in [-0.1, -0.05) is 60.4 Å². The van der Waals surface area contributed by atoms with Crippen molar-refractivity contribution in [3.8, 4) is 11.5 Å². The molecule has 0 spiro atoms. The van der Waals surface area contributed by atoms with Gasteiger partial charge < -0.3 is 20.9 Å². The average molecular weight is 468 g/mol. The van der Waals surface area contributed by atoms with E-state index in [1.807, 2.05) is 48.5 Å². The molecule has 2 aromatic heterocycles. The molecule has 0 aliphatic heterocycles. The van der Waals surface area contributed by atoms with Crippen molar-refractivity contribution < 1.29 is 9.84 Å². The molecule has 1 atom stereocenters.